The second kappa shape index (κ2) is 15.9. The zero-order valence-electron chi connectivity index (χ0n) is 4.17. The molecule has 0 aliphatic rings. The summed E-state index contributed by atoms with van der Waals surface area (Å²) < 4.78 is 19.5. The minimum atomic E-state index is -2.53. The van der Waals surface area contributed by atoms with E-state index in [0.29, 0.717) is 0 Å². The molecule has 0 rings (SSSR count). The van der Waals surface area contributed by atoms with Crippen LogP contribution in [0, 0.1) is 0 Å². The Labute approximate surface area is 94.6 Å². The zero-order chi connectivity index (χ0) is 2.71. The molecule has 0 unspecified atom stereocenters. The van der Waals surface area contributed by atoms with Gasteiger partial charge in [-0.15, -0.1) is 0 Å². The van der Waals surface area contributed by atoms with Gasteiger partial charge in [-0.2, -0.15) is 0 Å². The van der Waals surface area contributed by atoms with E-state index in [1.165, 1.54) is 0 Å². The molecule has 0 nitrogen and oxygen atoms in total. The molecule has 0 aromatic rings. The minimum absolute atomic E-state index is 0. The molecule has 0 aromatic carbocycles. The third-order valence-corrected chi connectivity index (χ3v) is 0. The molecule has 0 bridgehead atoms. The van der Waals surface area contributed by atoms with Gasteiger partial charge in [0, 0.05) is 17.1 Å². The summed E-state index contributed by atoms with van der Waals surface area (Å²) in [5, 5.41) is 0. The molecule has 0 amide bonds. The van der Waals surface area contributed by atoms with Crippen molar-refractivity contribution in [1.82, 2.24) is 0 Å². The Hall–Kier alpha value is 2.74. The fourth-order valence-electron chi connectivity index (χ4n) is 0. The average Bonchev–Trinajstić information content (AvgIpc) is 0.918. The van der Waals surface area contributed by atoms with E-state index in [4.69, 9.17) is 0 Å². The smallest absolute Gasteiger partial charge is 1.00 e. The second-order valence-electron chi connectivity index (χ2n) is 0.0583. The van der Waals surface area contributed by atoms with Crippen LogP contribution in [0.1, 0.15) is 2.85 Å². The number of halogens is 2. The van der Waals surface area contributed by atoms with Gasteiger partial charge in [-0.25, -0.2) is 0 Å². The maximum atomic E-state index is 9.75. The summed E-state index contributed by atoms with van der Waals surface area (Å²) in [5.41, 5.74) is 0. The van der Waals surface area contributed by atoms with Crippen LogP contribution in [0.3, 0.4) is 0 Å². The molecule has 1 radical (unpaired) electrons. The fourth-order valence-corrected chi connectivity index (χ4v) is 0. The van der Waals surface area contributed by atoms with E-state index in [2.05, 4.69) is 0 Å². The Kier molecular flexibility index (Phi) is 49.7. The second-order valence-corrected chi connectivity index (χ2v) is 0.391. The predicted molar refractivity (Wildman–Crippen MR) is 15.9 cm³/mol. The molecule has 0 N–H and O–H groups in total. The first-order valence-corrected chi connectivity index (χ1v) is 2.07. The minimum Gasteiger partial charge on any atom is -1.00 e. The number of rotatable bonds is 0. The van der Waals surface area contributed by atoms with E-state index >= 15 is 0 Å². The van der Waals surface area contributed by atoms with Crippen LogP contribution < -0.4 is 0 Å². The first kappa shape index (κ1) is 15.6. The van der Waals surface area contributed by atoms with Crippen molar-refractivity contribution >= 4 is 70.9 Å². The van der Waals surface area contributed by atoms with Crippen LogP contribution in [0.5, 0.6) is 0 Å². The molecule has 0 spiro atoms. The summed E-state index contributed by atoms with van der Waals surface area (Å²) in [7, 11) is 0. The molecule has 0 heterocycles. The molecule has 0 aliphatic heterocycles. The van der Waals surface area contributed by atoms with Crippen LogP contribution in [-0.4, -0.2) is 70.9 Å². The van der Waals surface area contributed by atoms with E-state index in [1.54, 1.807) is 0 Å². The molecule has 0 saturated heterocycles. The van der Waals surface area contributed by atoms with E-state index in [0.717, 1.165) is 0 Å². The van der Waals surface area contributed by atoms with E-state index in [1.807, 2.05) is 0 Å². The molecule has 0 aromatic heterocycles. The Morgan fingerprint density at radius 3 is 1.40 bits per heavy atom. The van der Waals surface area contributed by atoms with Crippen molar-refractivity contribution in [3.63, 3.8) is 0 Å². The molecule has 0 fully saturated rings. The molecule has 0 saturated carbocycles. The van der Waals surface area contributed by atoms with Crippen LogP contribution in [0.15, 0.2) is 0 Å². The molecule has 35 valence electrons. The Balaban J connectivity index is -0.00000000333. The Morgan fingerprint density at radius 2 is 1.40 bits per heavy atom. The summed E-state index contributed by atoms with van der Waals surface area (Å²) in [6, 6.07) is 0. The van der Waals surface area contributed by atoms with Crippen molar-refractivity contribution in [2.75, 3.05) is 0 Å². The first-order valence-electron chi connectivity index (χ1n) is 0.309. The molecule has 0 atom stereocenters. The molecule has 5 heavy (non-hydrogen) atoms. The van der Waals surface area contributed by atoms with Gasteiger partial charge in [-0.1, -0.05) is 0 Å². The largest absolute Gasteiger partial charge is 2.00 e. The van der Waals surface area contributed by atoms with Gasteiger partial charge >= 0.3 is 76.7 Å². The quantitative estimate of drug-likeness (QED) is 0.540. The van der Waals surface area contributed by atoms with Crippen molar-refractivity contribution in [1.29, 1.82) is 0 Å². The van der Waals surface area contributed by atoms with Gasteiger partial charge in [0.05, 0.1) is 0 Å². The number of hydrogen-bond donors (Lipinski definition) is 0. The van der Waals surface area contributed by atoms with Gasteiger partial charge in [0.1, 0.15) is 0 Å². The monoisotopic (exact) mass is 371 g/mol. The SMILES string of the molecule is F[Te]F.[Ba+2].[Cu].[H-].[H-]. The molecular formula is H2BaCuF2Te. The summed E-state index contributed by atoms with van der Waals surface area (Å²) in [5.74, 6) is 0. The summed E-state index contributed by atoms with van der Waals surface area (Å²) in [6.45, 7) is 0. The standard InChI is InChI=1S/Ba.Cu.F2Te.2H/c;;1-3-2;;/q+2;;;2*-1. The van der Waals surface area contributed by atoms with Crippen molar-refractivity contribution in [2.45, 2.75) is 0 Å². The fraction of sp³-hybridized carbons (Fsp3) is 0. The van der Waals surface area contributed by atoms with Crippen LogP contribution in [0.4, 0.5) is 5.78 Å². The normalized spacial score (nSPS) is 3.60. The van der Waals surface area contributed by atoms with Crippen molar-refractivity contribution in [2.24, 2.45) is 0 Å². The maximum Gasteiger partial charge on any atom is 2.00 e. The van der Waals surface area contributed by atoms with Crippen molar-refractivity contribution in [3.8, 4) is 0 Å². The van der Waals surface area contributed by atoms with Crippen LogP contribution in [-0.2, 0) is 17.1 Å². The number of hydrogen-bond acceptors (Lipinski definition) is 0. The zero-order valence-corrected chi connectivity index (χ0v) is 9.89. The third-order valence-electron chi connectivity index (χ3n) is 0. The first-order chi connectivity index (χ1) is 1.41. The topological polar surface area (TPSA) is 0 Å². The van der Waals surface area contributed by atoms with Gasteiger partial charge in [-0.05, 0) is 0 Å². The maximum absolute atomic E-state index is 9.75. The summed E-state index contributed by atoms with van der Waals surface area (Å²) in [6.07, 6.45) is 0. The average molecular weight is 368 g/mol. The van der Waals surface area contributed by atoms with Gasteiger partial charge in [0.2, 0.25) is 0 Å². The van der Waals surface area contributed by atoms with Gasteiger partial charge in [-0.3, -0.25) is 0 Å². The third kappa shape index (κ3) is 20.2. The van der Waals surface area contributed by atoms with Crippen molar-refractivity contribution < 1.29 is 25.7 Å². The molecule has 5 heteroatoms. The summed E-state index contributed by atoms with van der Waals surface area (Å²) in [4.78, 5) is 0. The van der Waals surface area contributed by atoms with Gasteiger partial charge in [0.25, 0.3) is 0 Å². The summed E-state index contributed by atoms with van der Waals surface area (Å²) >= 11 is -2.53. The Morgan fingerprint density at radius 1 is 1.40 bits per heavy atom. The van der Waals surface area contributed by atoms with Crippen molar-refractivity contribution in [3.05, 3.63) is 0 Å². The van der Waals surface area contributed by atoms with E-state index in [-0.39, 0.29) is 68.8 Å². The van der Waals surface area contributed by atoms with E-state index in [9.17, 15) is 5.78 Å². The van der Waals surface area contributed by atoms with Crippen LogP contribution in [0.2, 0.25) is 0 Å². The molecular weight excluding hydrogens is 366 g/mol. The van der Waals surface area contributed by atoms with E-state index < -0.39 is 22.1 Å². The van der Waals surface area contributed by atoms with Crippen LogP contribution >= 0.6 is 0 Å². The van der Waals surface area contributed by atoms with Gasteiger partial charge in [0.15, 0.2) is 0 Å². The Bertz CT molecular complexity index is 15.7. The van der Waals surface area contributed by atoms with Crippen LogP contribution in [0.25, 0.3) is 0 Å². The van der Waals surface area contributed by atoms with Gasteiger partial charge < -0.3 is 2.85 Å². The molecule has 0 aliphatic carbocycles. The predicted octanol–water partition coefficient (Wildman–Crippen LogP) is 0.301.